The molecule has 0 heterocycles. The number of halogens is 3. The average molecular weight is 227 g/mol. The maximum atomic E-state index is 12.5. The van der Waals surface area contributed by atoms with Gasteiger partial charge >= 0.3 is 6.18 Å². The van der Waals surface area contributed by atoms with E-state index in [9.17, 15) is 13.2 Å². The number of rotatable bonds is 3. The van der Waals surface area contributed by atoms with Gasteiger partial charge in [0.15, 0.2) is 6.61 Å². The van der Waals surface area contributed by atoms with Gasteiger partial charge in [-0.3, -0.25) is 0 Å². The Kier molecular flexibility index (Phi) is 3.95. The van der Waals surface area contributed by atoms with Crippen molar-refractivity contribution in [3.8, 4) is 12.3 Å². The number of hydrogen-bond donors (Lipinski definition) is 0. The molecule has 0 aliphatic heterocycles. The van der Waals surface area contributed by atoms with Gasteiger partial charge in [0.2, 0.25) is 0 Å². The van der Waals surface area contributed by atoms with Gasteiger partial charge in [0, 0.05) is 5.56 Å². The van der Waals surface area contributed by atoms with E-state index < -0.39 is 11.7 Å². The molecule has 1 aromatic carbocycles. The Labute approximate surface area is 90.7 Å². The lowest BCUT2D eigenvalue weighted by Gasteiger charge is -2.08. The van der Waals surface area contributed by atoms with Crippen LogP contribution in [0.15, 0.2) is 29.4 Å². The monoisotopic (exact) mass is 227 g/mol. The van der Waals surface area contributed by atoms with Crippen molar-refractivity contribution in [3.05, 3.63) is 35.4 Å². The summed E-state index contributed by atoms with van der Waals surface area (Å²) in [5.41, 5.74) is -0.824. The smallest absolute Gasteiger partial charge is 0.383 e. The van der Waals surface area contributed by atoms with Gasteiger partial charge in [-0.15, -0.1) is 6.42 Å². The van der Waals surface area contributed by atoms with E-state index in [4.69, 9.17) is 6.42 Å². The molecule has 0 saturated heterocycles. The summed E-state index contributed by atoms with van der Waals surface area (Å²) >= 11 is 0. The minimum absolute atomic E-state index is 0.0629. The molecular formula is C11H8F3NO. The second-order valence-corrected chi connectivity index (χ2v) is 2.80. The number of hydrogen-bond acceptors (Lipinski definition) is 2. The molecule has 0 atom stereocenters. The lowest BCUT2D eigenvalue weighted by Crippen LogP contribution is -2.08. The fourth-order valence-corrected chi connectivity index (χ4v) is 1.04. The maximum Gasteiger partial charge on any atom is 0.417 e. The molecule has 0 aromatic heterocycles. The van der Waals surface area contributed by atoms with Crippen LogP contribution in [0.1, 0.15) is 11.1 Å². The third kappa shape index (κ3) is 3.31. The molecule has 1 rings (SSSR count). The highest BCUT2D eigenvalue weighted by molar-refractivity contribution is 5.81. The molecule has 0 unspecified atom stereocenters. The Bertz CT molecular complexity index is 418. The van der Waals surface area contributed by atoms with Gasteiger partial charge in [0.1, 0.15) is 0 Å². The van der Waals surface area contributed by atoms with Crippen LogP contribution in [0.3, 0.4) is 0 Å². The van der Waals surface area contributed by atoms with E-state index in [0.29, 0.717) is 0 Å². The summed E-state index contributed by atoms with van der Waals surface area (Å²) in [6, 6.07) is 5.06. The van der Waals surface area contributed by atoms with E-state index in [1.165, 1.54) is 18.2 Å². The largest absolute Gasteiger partial charge is 0.417 e. The van der Waals surface area contributed by atoms with Crippen LogP contribution in [-0.4, -0.2) is 12.8 Å². The molecule has 0 bridgehead atoms. The van der Waals surface area contributed by atoms with Crippen LogP contribution in [-0.2, 0) is 11.0 Å². The molecule has 0 radical (unpaired) electrons. The summed E-state index contributed by atoms with van der Waals surface area (Å²) in [6.45, 7) is -0.0787. The Morgan fingerprint density at radius 2 is 2.06 bits per heavy atom. The average Bonchev–Trinajstić information content (AvgIpc) is 2.24. The van der Waals surface area contributed by atoms with E-state index >= 15 is 0 Å². The predicted octanol–water partition coefficient (Wildman–Crippen LogP) is 2.69. The standard InChI is InChI=1S/C11H8F3NO/c1-2-7-16-15-8-9-5-3-4-6-10(9)11(12,13)14/h1,3-6,8H,7H2. The molecule has 0 spiro atoms. The van der Waals surface area contributed by atoms with Crippen molar-refractivity contribution < 1.29 is 18.0 Å². The van der Waals surface area contributed by atoms with Crippen molar-refractivity contribution in [2.45, 2.75) is 6.18 Å². The normalized spacial score (nSPS) is 11.4. The van der Waals surface area contributed by atoms with Crippen LogP contribution in [0.25, 0.3) is 0 Å². The van der Waals surface area contributed by atoms with Crippen LogP contribution in [0.4, 0.5) is 13.2 Å². The Morgan fingerprint density at radius 1 is 1.38 bits per heavy atom. The van der Waals surface area contributed by atoms with Crippen LogP contribution in [0, 0.1) is 12.3 Å². The quantitative estimate of drug-likeness (QED) is 0.336. The van der Waals surface area contributed by atoms with E-state index in [1.54, 1.807) is 0 Å². The first kappa shape index (κ1) is 12.1. The van der Waals surface area contributed by atoms with Gasteiger partial charge in [0.05, 0.1) is 11.8 Å². The van der Waals surface area contributed by atoms with E-state index in [2.05, 4.69) is 15.9 Å². The van der Waals surface area contributed by atoms with Gasteiger partial charge in [0.25, 0.3) is 0 Å². The highest BCUT2D eigenvalue weighted by Gasteiger charge is 2.32. The van der Waals surface area contributed by atoms with Crippen LogP contribution in [0.5, 0.6) is 0 Å². The summed E-state index contributed by atoms with van der Waals surface area (Å²) in [5, 5.41) is 3.34. The van der Waals surface area contributed by atoms with Crippen molar-refractivity contribution in [2.75, 3.05) is 6.61 Å². The topological polar surface area (TPSA) is 21.6 Å². The minimum Gasteiger partial charge on any atom is -0.383 e. The Morgan fingerprint density at radius 3 is 2.69 bits per heavy atom. The van der Waals surface area contributed by atoms with Gasteiger partial charge < -0.3 is 4.84 Å². The zero-order valence-corrected chi connectivity index (χ0v) is 8.16. The Hall–Kier alpha value is -1.96. The van der Waals surface area contributed by atoms with Gasteiger partial charge in [-0.05, 0) is 6.07 Å². The van der Waals surface area contributed by atoms with E-state index in [0.717, 1.165) is 12.3 Å². The first-order chi connectivity index (χ1) is 7.55. The summed E-state index contributed by atoms with van der Waals surface area (Å²) in [6.07, 6.45) is 1.46. The van der Waals surface area contributed by atoms with Crippen molar-refractivity contribution in [1.29, 1.82) is 0 Å². The van der Waals surface area contributed by atoms with Crippen molar-refractivity contribution in [3.63, 3.8) is 0 Å². The number of terminal acetylenes is 1. The lowest BCUT2D eigenvalue weighted by atomic mass is 10.1. The highest BCUT2D eigenvalue weighted by Crippen LogP contribution is 2.30. The fraction of sp³-hybridized carbons (Fsp3) is 0.182. The second kappa shape index (κ2) is 5.21. The number of nitrogens with zero attached hydrogens (tertiary/aromatic N) is 1. The van der Waals surface area contributed by atoms with Crippen molar-refractivity contribution in [1.82, 2.24) is 0 Å². The molecule has 0 N–H and O–H groups in total. The first-order valence-electron chi connectivity index (χ1n) is 4.30. The molecule has 0 fully saturated rings. The number of benzene rings is 1. The summed E-state index contributed by atoms with van der Waals surface area (Å²) < 4.78 is 37.5. The van der Waals surface area contributed by atoms with Crippen LogP contribution >= 0.6 is 0 Å². The lowest BCUT2D eigenvalue weighted by molar-refractivity contribution is -0.137. The van der Waals surface area contributed by atoms with Crippen molar-refractivity contribution >= 4 is 6.21 Å². The first-order valence-corrected chi connectivity index (χ1v) is 4.30. The third-order valence-corrected chi connectivity index (χ3v) is 1.68. The SMILES string of the molecule is C#CCON=Cc1ccccc1C(F)(F)F. The highest BCUT2D eigenvalue weighted by atomic mass is 19.4. The maximum absolute atomic E-state index is 12.5. The van der Waals surface area contributed by atoms with E-state index in [1.807, 2.05) is 0 Å². The molecule has 16 heavy (non-hydrogen) atoms. The van der Waals surface area contributed by atoms with Gasteiger partial charge in [-0.25, -0.2) is 0 Å². The summed E-state index contributed by atoms with van der Waals surface area (Å²) in [4.78, 5) is 4.52. The zero-order chi connectivity index (χ0) is 12.0. The fourth-order valence-electron chi connectivity index (χ4n) is 1.04. The molecule has 84 valence electrons. The van der Waals surface area contributed by atoms with Crippen LogP contribution < -0.4 is 0 Å². The Balaban J connectivity index is 2.88. The molecular weight excluding hydrogens is 219 g/mol. The molecule has 0 aliphatic carbocycles. The zero-order valence-electron chi connectivity index (χ0n) is 8.16. The molecule has 0 aliphatic rings. The van der Waals surface area contributed by atoms with Gasteiger partial charge in [-0.1, -0.05) is 29.3 Å². The molecule has 5 heteroatoms. The minimum atomic E-state index is -4.41. The van der Waals surface area contributed by atoms with Crippen molar-refractivity contribution in [2.24, 2.45) is 5.16 Å². The molecule has 0 saturated carbocycles. The number of oxime groups is 1. The summed E-state index contributed by atoms with van der Waals surface area (Å²) in [5.74, 6) is 2.14. The third-order valence-electron chi connectivity index (χ3n) is 1.68. The molecule has 0 amide bonds. The molecule has 2 nitrogen and oxygen atoms in total. The van der Waals surface area contributed by atoms with Gasteiger partial charge in [-0.2, -0.15) is 13.2 Å². The van der Waals surface area contributed by atoms with E-state index in [-0.39, 0.29) is 12.2 Å². The molecule has 1 aromatic rings. The van der Waals surface area contributed by atoms with Crippen LogP contribution in [0.2, 0.25) is 0 Å². The number of alkyl halides is 3. The summed E-state index contributed by atoms with van der Waals surface area (Å²) in [7, 11) is 0. The predicted molar refractivity (Wildman–Crippen MR) is 53.8 cm³/mol. The second-order valence-electron chi connectivity index (χ2n) is 2.80.